The molecule has 1 unspecified atom stereocenters. The number of rotatable bonds is 2. The minimum absolute atomic E-state index is 0.215. The number of aliphatic hydroxyl groups is 1. The summed E-state index contributed by atoms with van der Waals surface area (Å²) >= 11 is 3.10. The van der Waals surface area contributed by atoms with E-state index in [0.717, 1.165) is 0 Å². The maximum absolute atomic E-state index is 9.03. The van der Waals surface area contributed by atoms with Gasteiger partial charge in [0, 0.05) is 0 Å². The highest BCUT2D eigenvalue weighted by molar-refractivity contribution is 9.10. The van der Waals surface area contributed by atoms with Crippen molar-refractivity contribution in [1.29, 1.82) is 0 Å². The van der Waals surface area contributed by atoms with Crippen LogP contribution < -0.4 is 10.5 Å². The molecule has 0 aliphatic rings. The third-order valence-corrected chi connectivity index (χ3v) is 1.59. The highest BCUT2D eigenvalue weighted by atomic mass is 79.9. The van der Waals surface area contributed by atoms with Crippen LogP contribution in [0, 0.1) is 0 Å². The molecule has 6 heteroatoms. The first-order valence-corrected chi connectivity index (χ1v) is 3.94. The molecule has 0 radical (unpaired) electrons. The number of aromatic nitrogens is 2. The van der Waals surface area contributed by atoms with E-state index < -0.39 is 6.23 Å². The van der Waals surface area contributed by atoms with Crippen LogP contribution >= 0.6 is 15.9 Å². The Bertz CT molecular complexity index is 279. The number of halogens is 1. The fraction of sp³-hybridized carbons (Fsp3) is 0.333. The van der Waals surface area contributed by atoms with E-state index >= 15 is 0 Å². The average molecular weight is 234 g/mol. The second-order valence-electron chi connectivity index (χ2n) is 2.03. The zero-order valence-corrected chi connectivity index (χ0v) is 7.95. The summed E-state index contributed by atoms with van der Waals surface area (Å²) in [5.41, 5.74) is 5.43. The number of hydrogen-bond donors (Lipinski definition) is 2. The first-order chi connectivity index (χ1) is 5.65. The van der Waals surface area contributed by atoms with Crippen LogP contribution in [0.1, 0.15) is 11.9 Å². The summed E-state index contributed by atoms with van der Waals surface area (Å²) in [6, 6.07) is 0. The molecule has 66 valence electrons. The predicted molar refractivity (Wildman–Crippen MR) is 45.4 cm³/mol. The maximum atomic E-state index is 9.03. The predicted octanol–water partition coefficient (Wildman–Crippen LogP) is 0.197. The Morgan fingerprint density at radius 3 is 2.92 bits per heavy atom. The fourth-order valence-corrected chi connectivity index (χ4v) is 1.01. The molecular weight excluding hydrogens is 226 g/mol. The van der Waals surface area contributed by atoms with Gasteiger partial charge in [0.2, 0.25) is 5.88 Å². The van der Waals surface area contributed by atoms with E-state index in [9.17, 15) is 0 Å². The van der Waals surface area contributed by atoms with E-state index in [0.29, 0.717) is 4.60 Å². The van der Waals surface area contributed by atoms with Crippen molar-refractivity contribution >= 4 is 15.9 Å². The van der Waals surface area contributed by atoms with Crippen LogP contribution in [0.25, 0.3) is 0 Å². The van der Waals surface area contributed by atoms with E-state index in [4.69, 9.17) is 15.6 Å². The van der Waals surface area contributed by atoms with E-state index in [1.165, 1.54) is 13.3 Å². The number of hydrogen-bond acceptors (Lipinski definition) is 5. The SMILES string of the molecule is COc1ncc(Br)nc1C(N)O. The fourth-order valence-electron chi connectivity index (χ4n) is 0.720. The maximum Gasteiger partial charge on any atom is 0.239 e. The van der Waals surface area contributed by atoms with Gasteiger partial charge in [-0.3, -0.25) is 0 Å². The topological polar surface area (TPSA) is 81.3 Å². The number of aliphatic hydroxyl groups excluding tert-OH is 1. The molecule has 0 aliphatic carbocycles. The zero-order chi connectivity index (χ0) is 9.14. The second-order valence-corrected chi connectivity index (χ2v) is 2.84. The summed E-state index contributed by atoms with van der Waals surface area (Å²) < 4.78 is 5.33. The third kappa shape index (κ3) is 1.90. The van der Waals surface area contributed by atoms with E-state index in [-0.39, 0.29) is 11.6 Å². The molecule has 5 nitrogen and oxygen atoms in total. The van der Waals surface area contributed by atoms with Gasteiger partial charge in [-0.25, -0.2) is 9.97 Å². The largest absolute Gasteiger partial charge is 0.480 e. The lowest BCUT2D eigenvalue weighted by molar-refractivity contribution is 0.174. The number of ether oxygens (including phenoxy) is 1. The van der Waals surface area contributed by atoms with Gasteiger partial charge >= 0.3 is 0 Å². The summed E-state index contributed by atoms with van der Waals surface area (Å²) in [7, 11) is 1.43. The molecule has 1 aromatic rings. The summed E-state index contributed by atoms with van der Waals surface area (Å²) in [6.45, 7) is 0. The van der Waals surface area contributed by atoms with Crippen molar-refractivity contribution < 1.29 is 9.84 Å². The molecule has 3 N–H and O–H groups in total. The van der Waals surface area contributed by atoms with Crippen molar-refractivity contribution in [2.24, 2.45) is 5.73 Å². The summed E-state index contributed by atoms with van der Waals surface area (Å²) in [5, 5.41) is 9.03. The van der Waals surface area contributed by atoms with Gasteiger partial charge in [0.1, 0.15) is 10.3 Å². The molecule has 0 aromatic carbocycles. The number of nitrogens with zero attached hydrogens (tertiary/aromatic N) is 2. The van der Waals surface area contributed by atoms with Crippen LogP contribution in [0.2, 0.25) is 0 Å². The molecule has 1 rings (SSSR count). The van der Waals surface area contributed by atoms with Crippen molar-refractivity contribution in [2.45, 2.75) is 6.23 Å². The normalized spacial score (nSPS) is 12.7. The molecule has 1 heterocycles. The molecule has 0 bridgehead atoms. The second kappa shape index (κ2) is 3.79. The Labute approximate surface area is 77.7 Å². The third-order valence-electron chi connectivity index (χ3n) is 1.21. The number of methoxy groups -OCH3 is 1. The van der Waals surface area contributed by atoms with Crippen LogP contribution in [0.5, 0.6) is 5.88 Å². The molecule has 1 atom stereocenters. The van der Waals surface area contributed by atoms with Gasteiger partial charge in [-0.05, 0) is 15.9 Å². The Morgan fingerprint density at radius 2 is 2.42 bits per heavy atom. The first kappa shape index (κ1) is 9.37. The Balaban J connectivity index is 3.12. The van der Waals surface area contributed by atoms with Gasteiger partial charge in [0.25, 0.3) is 0 Å². The average Bonchev–Trinajstić information content (AvgIpc) is 2.04. The van der Waals surface area contributed by atoms with Gasteiger partial charge in [-0.2, -0.15) is 0 Å². The highest BCUT2D eigenvalue weighted by Gasteiger charge is 2.12. The first-order valence-electron chi connectivity index (χ1n) is 3.15. The van der Waals surface area contributed by atoms with Crippen molar-refractivity contribution in [1.82, 2.24) is 9.97 Å². The van der Waals surface area contributed by atoms with Gasteiger partial charge in [0.05, 0.1) is 13.3 Å². The lowest BCUT2D eigenvalue weighted by atomic mass is 10.4. The molecule has 0 saturated carbocycles. The van der Waals surface area contributed by atoms with Gasteiger partial charge in [0.15, 0.2) is 6.23 Å². The van der Waals surface area contributed by atoms with E-state index in [2.05, 4.69) is 25.9 Å². The van der Waals surface area contributed by atoms with Crippen molar-refractivity contribution in [3.63, 3.8) is 0 Å². The van der Waals surface area contributed by atoms with Crippen LogP contribution in [-0.4, -0.2) is 22.2 Å². The smallest absolute Gasteiger partial charge is 0.239 e. The molecule has 0 spiro atoms. The quantitative estimate of drug-likeness (QED) is 0.714. The minimum atomic E-state index is -1.18. The van der Waals surface area contributed by atoms with Crippen molar-refractivity contribution in [3.8, 4) is 5.88 Å². The zero-order valence-electron chi connectivity index (χ0n) is 6.36. The minimum Gasteiger partial charge on any atom is -0.480 e. The van der Waals surface area contributed by atoms with Gasteiger partial charge < -0.3 is 15.6 Å². The molecular formula is C6H8BrN3O2. The molecule has 0 amide bonds. The monoisotopic (exact) mass is 233 g/mol. The Morgan fingerprint density at radius 1 is 1.75 bits per heavy atom. The molecule has 0 aliphatic heterocycles. The van der Waals surface area contributed by atoms with Gasteiger partial charge in [-0.15, -0.1) is 0 Å². The summed E-state index contributed by atoms with van der Waals surface area (Å²) in [5.74, 6) is 0.230. The standard InChI is InChI=1S/C6H8BrN3O2/c1-12-6-4(5(8)11)10-3(7)2-9-6/h2,5,11H,8H2,1H3. The Kier molecular flexibility index (Phi) is 2.96. The molecule has 12 heavy (non-hydrogen) atoms. The molecule has 1 aromatic heterocycles. The van der Waals surface area contributed by atoms with Crippen molar-refractivity contribution in [3.05, 3.63) is 16.5 Å². The highest BCUT2D eigenvalue weighted by Crippen LogP contribution is 2.18. The number of nitrogens with two attached hydrogens (primary N) is 1. The summed E-state index contributed by atoms with van der Waals surface area (Å²) in [4.78, 5) is 7.74. The summed E-state index contributed by atoms with van der Waals surface area (Å²) in [6.07, 6.45) is 0.287. The lowest BCUT2D eigenvalue weighted by Gasteiger charge is -2.07. The van der Waals surface area contributed by atoms with Gasteiger partial charge in [-0.1, -0.05) is 0 Å². The van der Waals surface area contributed by atoms with Crippen LogP contribution in [0.4, 0.5) is 0 Å². The van der Waals surface area contributed by atoms with E-state index in [1.807, 2.05) is 0 Å². The molecule has 0 fully saturated rings. The van der Waals surface area contributed by atoms with Crippen LogP contribution in [0.15, 0.2) is 10.8 Å². The lowest BCUT2D eigenvalue weighted by Crippen LogP contribution is -2.13. The van der Waals surface area contributed by atoms with E-state index in [1.54, 1.807) is 0 Å². The van der Waals surface area contributed by atoms with Crippen molar-refractivity contribution in [2.75, 3.05) is 7.11 Å². The molecule has 0 saturated heterocycles. The van der Waals surface area contributed by atoms with Crippen LogP contribution in [0.3, 0.4) is 0 Å². The Hall–Kier alpha value is -0.720. The van der Waals surface area contributed by atoms with Crippen LogP contribution in [-0.2, 0) is 0 Å².